The number of rotatable bonds is 5. The van der Waals surface area contributed by atoms with Crippen molar-refractivity contribution in [2.45, 2.75) is 0 Å². The van der Waals surface area contributed by atoms with Crippen LogP contribution < -0.4 is 0 Å². The topological polar surface area (TPSA) is 17.1 Å². The SMILES string of the molecule is O=[CH][Fe]([PH](F)(F)F)([PH](F)(F)F)([PH](F)(F)F)[PH](F)(F)F. The van der Waals surface area contributed by atoms with Crippen molar-refractivity contribution in [3.8, 4) is 0 Å². The van der Waals surface area contributed by atoms with Crippen molar-refractivity contribution in [2.75, 3.05) is 0 Å². The van der Waals surface area contributed by atoms with E-state index in [4.69, 9.17) is 0 Å². The van der Waals surface area contributed by atoms with Crippen LogP contribution in [0.5, 0.6) is 0 Å². The monoisotopic (exact) mass is 441 g/mol. The Morgan fingerprint density at radius 2 is 0.684 bits per heavy atom. The maximum absolute atomic E-state index is 12.4. The van der Waals surface area contributed by atoms with Gasteiger partial charge in [-0.3, -0.25) is 0 Å². The first kappa shape index (κ1) is 20.1. The van der Waals surface area contributed by atoms with Gasteiger partial charge in [-0.05, 0) is 0 Å². The third kappa shape index (κ3) is 1.97. The molecule has 0 atom stereocenters. The molecule has 1 nitrogen and oxygen atoms in total. The molecule has 0 bridgehead atoms. The Morgan fingerprint density at radius 1 is 0.526 bits per heavy atom. The van der Waals surface area contributed by atoms with Gasteiger partial charge in [-0.25, -0.2) is 0 Å². The van der Waals surface area contributed by atoms with Crippen LogP contribution in [0.25, 0.3) is 0 Å². The van der Waals surface area contributed by atoms with E-state index < -0.39 is 42.7 Å². The fraction of sp³-hybridized carbons (Fsp3) is 0. The van der Waals surface area contributed by atoms with Gasteiger partial charge >= 0.3 is 97.9 Å². The van der Waals surface area contributed by atoms with E-state index in [9.17, 15) is 55.2 Å². The molecular formula is CH5F12FeOP4. The van der Waals surface area contributed by atoms with E-state index in [1.165, 1.54) is 0 Å². The summed E-state index contributed by atoms with van der Waals surface area (Å²) < 4.78 is 149. The molecule has 0 aromatic heterocycles. The van der Waals surface area contributed by atoms with Crippen LogP contribution in [0.3, 0.4) is 0 Å². The summed E-state index contributed by atoms with van der Waals surface area (Å²) in [5, 5.41) is -2.82. The van der Waals surface area contributed by atoms with E-state index in [1.807, 2.05) is 0 Å². The number of halogens is 12. The number of hydrogen-bond donors (Lipinski definition) is 0. The van der Waals surface area contributed by atoms with Gasteiger partial charge in [0.25, 0.3) is 0 Å². The minimum atomic E-state index is -10.4. The van der Waals surface area contributed by atoms with Gasteiger partial charge in [-0.2, -0.15) is 0 Å². The molecule has 0 aliphatic heterocycles. The fourth-order valence-electron chi connectivity index (χ4n) is 0.871. The van der Waals surface area contributed by atoms with Crippen molar-refractivity contribution in [2.24, 2.45) is 0 Å². The molecule has 0 saturated heterocycles. The number of carbonyl (C=O) groups excluding carboxylic acids is 1. The van der Waals surface area contributed by atoms with Crippen LogP contribution in [0.1, 0.15) is 0 Å². The summed E-state index contributed by atoms with van der Waals surface area (Å²) in [5.41, 5.74) is 0. The van der Waals surface area contributed by atoms with Gasteiger partial charge in [0.05, 0.1) is 0 Å². The van der Waals surface area contributed by atoms with Crippen molar-refractivity contribution in [1.82, 2.24) is 0 Å². The van der Waals surface area contributed by atoms with Crippen LogP contribution in [0.15, 0.2) is 0 Å². The van der Waals surface area contributed by atoms with Crippen molar-refractivity contribution in [3.63, 3.8) is 0 Å². The average molecular weight is 441 g/mol. The van der Waals surface area contributed by atoms with E-state index in [0.29, 0.717) is 0 Å². The number of hydrogen-bond acceptors (Lipinski definition) is 1. The summed E-state index contributed by atoms with van der Waals surface area (Å²) in [4.78, 5) is 10.1. The molecule has 19 heavy (non-hydrogen) atoms. The first-order chi connectivity index (χ1) is 7.92. The molecule has 0 aromatic carbocycles. The van der Waals surface area contributed by atoms with Crippen molar-refractivity contribution in [3.05, 3.63) is 0 Å². The molecule has 0 rings (SSSR count). The normalized spacial score (nSPS) is 21.2. The predicted octanol–water partition coefficient (Wildman–Crippen LogP) is 7.14. The maximum atomic E-state index is 12.4. The van der Waals surface area contributed by atoms with Gasteiger partial charge in [0.2, 0.25) is 0 Å². The van der Waals surface area contributed by atoms with Gasteiger partial charge in [-0.15, -0.1) is 0 Å². The summed E-state index contributed by atoms with van der Waals surface area (Å²) in [6, 6.07) is 0. The summed E-state index contributed by atoms with van der Waals surface area (Å²) >= 11 is 0. The molecule has 0 aromatic rings. The van der Waals surface area contributed by atoms with Gasteiger partial charge in [-0.1, -0.05) is 0 Å². The molecule has 0 saturated carbocycles. The predicted molar refractivity (Wildman–Crippen MR) is 53.3 cm³/mol. The molecule has 0 radical (unpaired) electrons. The summed E-state index contributed by atoms with van der Waals surface area (Å²) in [7, 11) is -10.4. The summed E-state index contributed by atoms with van der Waals surface area (Å²) in [5.74, 6) is 0. The zero-order chi connectivity index (χ0) is 16.2. The molecule has 0 amide bonds. The van der Waals surface area contributed by atoms with Crippen LogP contribution >= 0.6 is 27.5 Å². The molecule has 0 fully saturated rings. The number of carbonyl (C=O) groups is 1. The van der Waals surface area contributed by atoms with E-state index in [1.54, 1.807) is 0 Å². The van der Waals surface area contributed by atoms with Crippen LogP contribution in [0.2, 0.25) is 0 Å². The molecule has 0 aliphatic carbocycles. The van der Waals surface area contributed by atoms with Crippen molar-refractivity contribution >= 4 is 32.7 Å². The van der Waals surface area contributed by atoms with Gasteiger partial charge in [0.15, 0.2) is 0 Å². The fourth-order valence-corrected chi connectivity index (χ4v) is 27.6. The Hall–Kier alpha value is 1.07. The quantitative estimate of drug-likeness (QED) is 0.192. The third-order valence-electron chi connectivity index (χ3n) is 1.83. The van der Waals surface area contributed by atoms with E-state index in [-0.39, 0.29) is 0 Å². The van der Waals surface area contributed by atoms with Crippen molar-refractivity contribution in [1.29, 1.82) is 0 Å². The Balaban J connectivity index is 7.25. The molecular weight excluding hydrogens is 436 g/mol. The average Bonchev–Trinajstić information content (AvgIpc) is 1.93. The first-order valence-electron chi connectivity index (χ1n) is 3.41. The van der Waals surface area contributed by atoms with E-state index in [2.05, 4.69) is 0 Å². The van der Waals surface area contributed by atoms with Gasteiger partial charge < -0.3 is 0 Å². The first-order valence-corrected chi connectivity index (χ1v) is 16.6. The molecule has 0 spiro atoms. The Morgan fingerprint density at radius 3 is 0.684 bits per heavy atom. The summed E-state index contributed by atoms with van der Waals surface area (Å²) in [6.45, 7) is -37.6. The Kier molecular flexibility index (Phi) is 5.06. The van der Waals surface area contributed by atoms with Crippen LogP contribution in [0.4, 0.5) is 50.4 Å². The van der Waals surface area contributed by atoms with Crippen LogP contribution in [-0.2, 0) is 14.8 Å². The van der Waals surface area contributed by atoms with E-state index in [0.717, 1.165) is 0 Å². The molecule has 127 valence electrons. The van der Waals surface area contributed by atoms with Gasteiger partial charge in [0, 0.05) is 0 Å². The molecule has 0 unspecified atom stereocenters. The Labute approximate surface area is 98.4 Å². The van der Waals surface area contributed by atoms with Crippen LogP contribution in [-0.4, -0.2) is 5.18 Å². The Bertz CT molecular complexity index is 304. The molecule has 18 heteroatoms. The molecule has 0 N–H and O–H groups in total. The molecule has 0 aliphatic rings. The second-order valence-corrected chi connectivity index (χ2v) is 37.6. The second kappa shape index (κ2) is 4.79. The van der Waals surface area contributed by atoms with Crippen molar-refractivity contribution < 1.29 is 65.2 Å². The molecule has 0 heterocycles. The second-order valence-electron chi connectivity index (χ2n) is 2.68. The van der Waals surface area contributed by atoms with E-state index >= 15 is 0 Å². The summed E-state index contributed by atoms with van der Waals surface area (Å²) in [6.07, 6.45) is 0. The van der Waals surface area contributed by atoms with Crippen LogP contribution in [0, 0.1) is 0 Å². The third-order valence-corrected chi connectivity index (χ3v) is 52.4. The van der Waals surface area contributed by atoms with Gasteiger partial charge in [0.1, 0.15) is 0 Å². The zero-order valence-corrected chi connectivity index (χ0v) is 13.0. The standard InChI is InChI=1S/CHO.4F3HP.Fe/c1-2;4*1-4(2)3;/h1H;4*4H;/q;4*+1;-4. The minimum absolute atomic E-state index is 2.82. The zero-order valence-electron chi connectivity index (χ0n) is 7.87.